The number of aliphatic hydroxyl groups excluding tert-OH is 1. The number of nitrogens with one attached hydrogen (secondary N) is 1. The molecule has 2 aromatic rings. The number of aliphatic hydroxyl groups is 1. The molecule has 236 valence electrons. The van der Waals surface area contributed by atoms with Gasteiger partial charge >= 0.3 is 0 Å². The van der Waals surface area contributed by atoms with Gasteiger partial charge in [0.05, 0.1) is 44.0 Å². The molecule has 12 heteroatoms. The van der Waals surface area contributed by atoms with E-state index in [1.807, 2.05) is 62.5 Å². The minimum atomic E-state index is -2.94. The number of ether oxygens (including phenoxy) is 1. The number of likely N-dealkylation sites (tertiary alicyclic amines) is 1. The monoisotopic (exact) mass is 684 g/mol. The van der Waals surface area contributed by atoms with Gasteiger partial charge in [-0.2, -0.15) is 0 Å². The Balaban J connectivity index is 1.34. The van der Waals surface area contributed by atoms with Gasteiger partial charge in [0.15, 0.2) is 13.9 Å². The van der Waals surface area contributed by atoms with E-state index in [9.17, 15) is 24.3 Å². The number of rotatable bonds is 7. The summed E-state index contributed by atoms with van der Waals surface area (Å²) in [6.07, 6.45) is 0.991. The maximum absolute atomic E-state index is 14.7. The van der Waals surface area contributed by atoms with E-state index >= 15 is 0 Å². The second kappa shape index (κ2) is 12.0. The van der Waals surface area contributed by atoms with Crippen molar-refractivity contribution in [3.05, 3.63) is 58.1 Å². The zero-order valence-electron chi connectivity index (χ0n) is 25.5. The van der Waals surface area contributed by atoms with Gasteiger partial charge < -0.3 is 34.7 Å². The van der Waals surface area contributed by atoms with E-state index < -0.39 is 25.9 Å². The Bertz CT molecular complexity index is 1470. The number of carbonyl (C=O) groups is 3. The zero-order chi connectivity index (χ0) is 31.4. The molecular weight excluding hydrogens is 644 g/mol. The summed E-state index contributed by atoms with van der Waals surface area (Å²) in [6, 6.07) is 13.3. The fourth-order valence-electron chi connectivity index (χ4n) is 7.93. The van der Waals surface area contributed by atoms with E-state index in [1.165, 1.54) is 0 Å². The van der Waals surface area contributed by atoms with E-state index in [2.05, 4.69) is 21.2 Å². The molecule has 0 radical (unpaired) electrons. The molecule has 4 aliphatic rings. The zero-order valence-corrected chi connectivity index (χ0v) is 28.0. The van der Waals surface area contributed by atoms with E-state index in [4.69, 9.17) is 4.74 Å². The predicted octanol–water partition coefficient (Wildman–Crippen LogP) is 3.10. The first-order chi connectivity index (χ1) is 21.0. The minimum Gasteiger partial charge on any atom is -0.432 e. The van der Waals surface area contributed by atoms with Crippen LogP contribution in [0.3, 0.4) is 0 Å². The molecule has 3 fully saturated rings. The summed E-state index contributed by atoms with van der Waals surface area (Å²) < 4.78 is 7.65. The molecule has 0 saturated carbocycles. The van der Waals surface area contributed by atoms with Crippen molar-refractivity contribution in [3.8, 4) is 0 Å². The molecule has 5 atom stereocenters. The Morgan fingerprint density at radius 1 is 1.18 bits per heavy atom. The summed E-state index contributed by atoms with van der Waals surface area (Å²) in [5.74, 6) is -0.714. The quantitative estimate of drug-likeness (QED) is 0.383. The molecule has 2 aromatic carbocycles. The number of amides is 3. The average molecular weight is 686 g/mol. The number of anilines is 2. The van der Waals surface area contributed by atoms with Crippen molar-refractivity contribution >= 4 is 53.3 Å². The third-order valence-electron chi connectivity index (χ3n) is 9.88. The smallest absolute Gasteiger partial charge is 0.264 e. The van der Waals surface area contributed by atoms with Crippen LogP contribution in [0.4, 0.5) is 11.4 Å². The Labute approximate surface area is 267 Å². The average Bonchev–Trinajstić information content (AvgIpc) is 3.64. The number of benzene rings is 2. The maximum atomic E-state index is 14.7. The molecule has 3 N–H and O–H groups in total. The Kier molecular flexibility index (Phi) is 8.53. The molecule has 4 heterocycles. The normalized spacial score (nSPS) is 28.8. The van der Waals surface area contributed by atoms with Gasteiger partial charge in [-0.25, -0.2) is 0 Å². The molecular formula is C32H41BrN4O6Si. The van der Waals surface area contributed by atoms with Gasteiger partial charge in [0, 0.05) is 46.8 Å². The lowest BCUT2D eigenvalue weighted by Crippen LogP contribution is -2.48. The molecule has 10 nitrogen and oxygen atoms in total. The Morgan fingerprint density at radius 2 is 1.98 bits per heavy atom. The van der Waals surface area contributed by atoms with Crippen LogP contribution < -0.4 is 15.1 Å². The number of halogens is 1. The number of hydrogen-bond donors (Lipinski definition) is 3. The van der Waals surface area contributed by atoms with Crippen molar-refractivity contribution in [1.29, 1.82) is 0 Å². The van der Waals surface area contributed by atoms with Crippen LogP contribution in [0.5, 0.6) is 0 Å². The van der Waals surface area contributed by atoms with Gasteiger partial charge in [0.25, 0.3) is 5.91 Å². The number of carbonyl (C=O) groups excluding carboxylic acids is 3. The van der Waals surface area contributed by atoms with Crippen molar-refractivity contribution in [3.63, 3.8) is 0 Å². The fourth-order valence-corrected chi connectivity index (χ4v) is 10.8. The SMILES string of the molecule is C[C@H]1[C@H]([Si](C)(C)O)[C@@H](CC(=O)N2CCC[C@H]2CO)O[C@]12C(=O)N(Cc1cccc(N3CCNCC3=O)c1)c1ccc(Br)cc12. The molecule has 0 unspecified atom stereocenters. The molecule has 1 spiro atoms. The molecule has 0 aromatic heterocycles. The van der Waals surface area contributed by atoms with Crippen LogP contribution in [0.15, 0.2) is 46.9 Å². The molecule has 0 aliphatic carbocycles. The molecule has 6 rings (SSSR count). The Hall–Kier alpha value is -2.61. The van der Waals surface area contributed by atoms with Crippen LogP contribution in [0.25, 0.3) is 0 Å². The summed E-state index contributed by atoms with van der Waals surface area (Å²) in [7, 11) is -2.94. The molecule has 3 saturated heterocycles. The van der Waals surface area contributed by atoms with Gasteiger partial charge in [-0.15, -0.1) is 0 Å². The molecule has 3 amide bonds. The van der Waals surface area contributed by atoms with Gasteiger partial charge in [-0.1, -0.05) is 35.0 Å². The van der Waals surface area contributed by atoms with Crippen molar-refractivity contribution in [1.82, 2.24) is 10.2 Å². The van der Waals surface area contributed by atoms with Gasteiger partial charge in [0.1, 0.15) is 0 Å². The van der Waals surface area contributed by atoms with Crippen LogP contribution in [-0.2, 0) is 31.3 Å². The third kappa shape index (κ3) is 5.33. The second-order valence-corrected chi connectivity index (χ2v) is 18.0. The van der Waals surface area contributed by atoms with E-state index in [0.29, 0.717) is 26.2 Å². The largest absolute Gasteiger partial charge is 0.432 e. The maximum Gasteiger partial charge on any atom is 0.264 e. The van der Waals surface area contributed by atoms with E-state index in [0.717, 1.165) is 39.8 Å². The highest BCUT2D eigenvalue weighted by Crippen LogP contribution is 2.60. The molecule has 0 bridgehead atoms. The van der Waals surface area contributed by atoms with Crippen LogP contribution in [0, 0.1) is 5.92 Å². The van der Waals surface area contributed by atoms with Crippen LogP contribution in [0.2, 0.25) is 18.6 Å². The van der Waals surface area contributed by atoms with Crippen LogP contribution >= 0.6 is 15.9 Å². The third-order valence-corrected chi connectivity index (χ3v) is 12.9. The van der Waals surface area contributed by atoms with Crippen LogP contribution in [-0.4, -0.2) is 85.8 Å². The van der Waals surface area contributed by atoms with Gasteiger partial charge in [0.2, 0.25) is 11.8 Å². The highest BCUT2D eigenvalue weighted by atomic mass is 79.9. The van der Waals surface area contributed by atoms with Crippen molar-refractivity contribution in [2.24, 2.45) is 5.92 Å². The standard InChI is InChI=1S/C32H41BrN4O6Si/c1-20-30(44(2,3)42)27(16-28(39)35-12-5-8-24(35)19-38)43-32(20)25-15-22(33)9-10-26(25)37(31(32)41)18-21-6-4-7-23(14-21)36-13-11-34-17-29(36)40/h4,6-7,9-10,14-15,20,24,27,30,34,38,42H,5,8,11-13,16-19H2,1-3H3/t20-,24-,27+,30-,32+/m0/s1. The minimum absolute atomic E-state index is 0.00892. The summed E-state index contributed by atoms with van der Waals surface area (Å²) >= 11 is 3.60. The first kappa shape index (κ1) is 31.4. The number of hydrogen-bond acceptors (Lipinski definition) is 7. The molecule has 4 aliphatic heterocycles. The second-order valence-electron chi connectivity index (χ2n) is 13.1. The van der Waals surface area contributed by atoms with E-state index in [-0.39, 0.29) is 48.9 Å². The first-order valence-electron chi connectivity index (χ1n) is 15.5. The lowest BCUT2D eigenvalue weighted by Gasteiger charge is -2.33. The number of fused-ring (bicyclic) bond motifs is 2. The lowest BCUT2D eigenvalue weighted by molar-refractivity contribution is -0.150. The first-order valence-corrected chi connectivity index (χ1v) is 19.3. The summed E-state index contributed by atoms with van der Waals surface area (Å²) in [4.78, 5) is 57.7. The van der Waals surface area contributed by atoms with Crippen molar-refractivity contribution < 1.29 is 29.0 Å². The summed E-state index contributed by atoms with van der Waals surface area (Å²) in [6.45, 7) is 8.04. The highest BCUT2D eigenvalue weighted by Gasteiger charge is 2.66. The Morgan fingerprint density at radius 3 is 2.70 bits per heavy atom. The number of piperazine rings is 1. The topological polar surface area (TPSA) is 123 Å². The highest BCUT2D eigenvalue weighted by molar-refractivity contribution is 9.10. The molecule has 44 heavy (non-hydrogen) atoms. The van der Waals surface area contributed by atoms with Crippen LogP contribution in [0.1, 0.15) is 37.3 Å². The lowest BCUT2D eigenvalue weighted by atomic mass is 9.82. The summed E-state index contributed by atoms with van der Waals surface area (Å²) in [5.41, 5.74) is 1.39. The van der Waals surface area contributed by atoms with Crippen molar-refractivity contribution in [2.45, 2.75) is 69.1 Å². The number of nitrogens with zero attached hydrogens (tertiary/aromatic N) is 3. The fraction of sp³-hybridized carbons (Fsp3) is 0.531. The predicted molar refractivity (Wildman–Crippen MR) is 173 cm³/mol. The van der Waals surface area contributed by atoms with Crippen molar-refractivity contribution in [2.75, 3.05) is 42.6 Å². The van der Waals surface area contributed by atoms with E-state index in [1.54, 1.807) is 14.7 Å². The van der Waals surface area contributed by atoms with Gasteiger partial charge in [-0.05, 0) is 61.8 Å². The van der Waals surface area contributed by atoms with Gasteiger partial charge in [-0.3, -0.25) is 14.4 Å². The summed E-state index contributed by atoms with van der Waals surface area (Å²) in [5, 5.41) is 12.9.